The molecule has 4 fully saturated rings. The Morgan fingerprint density at radius 1 is 1.39 bits per heavy atom. The molecule has 2 aliphatic heterocycles. The number of pyridine rings is 2. The van der Waals surface area contributed by atoms with E-state index < -0.39 is 23.7 Å². The molecule has 0 spiro atoms. The van der Waals surface area contributed by atoms with Crippen LogP contribution in [0, 0.1) is 0 Å². The van der Waals surface area contributed by atoms with Crippen LogP contribution in [0.4, 0.5) is 10.1 Å². The van der Waals surface area contributed by atoms with Crippen molar-refractivity contribution in [1.82, 2.24) is 19.3 Å². The van der Waals surface area contributed by atoms with E-state index in [0.29, 0.717) is 30.7 Å². The van der Waals surface area contributed by atoms with E-state index in [9.17, 15) is 14.0 Å². The Balaban J connectivity index is 1.32. The average molecular weight is 498 g/mol. The van der Waals surface area contributed by atoms with E-state index in [1.165, 1.54) is 16.8 Å². The Kier molecular flexibility index (Phi) is 5.20. The van der Waals surface area contributed by atoms with Crippen molar-refractivity contribution < 1.29 is 23.4 Å². The zero-order valence-electron chi connectivity index (χ0n) is 20.4. The maximum absolute atomic E-state index is 13.5. The summed E-state index contributed by atoms with van der Waals surface area (Å²) in [7, 11) is 1.67. The number of fused-ring (bicyclic) bond motifs is 2. The highest BCUT2D eigenvalue weighted by molar-refractivity contribution is 6.07. The minimum absolute atomic E-state index is 0.0684. The molecule has 2 aliphatic carbocycles. The van der Waals surface area contributed by atoms with Crippen LogP contribution in [0.25, 0.3) is 11.0 Å². The number of rotatable bonds is 8. The van der Waals surface area contributed by atoms with Gasteiger partial charge in [-0.1, -0.05) is 0 Å². The first-order chi connectivity index (χ1) is 17.2. The van der Waals surface area contributed by atoms with Crippen molar-refractivity contribution in [1.29, 1.82) is 0 Å². The van der Waals surface area contributed by atoms with Crippen molar-refractivity contribution in [3.63, 3.8) is 0 Å². The highest BCUT2D eigenvalue weighted by Gasteiger charge is 2.64. The van der Waals surface area contributed by atoms with Crippen molar-refractivity contribution in [2.45, 2.75) is 62.6 Å². The topological polar surface area (TPSA) is 110 Å². The fraction of sp³-hybridized carbons (Fsp3) is 0.520. The lowest BCUT2D eigenvalue weighted by Gasteiger charge is -2.43. The summed E-state index contributed by atoms with van der Waals surface area (Å²) < 4.78 is 33.9. The molecule has 1 amide bonds. The van der Waals surface area contributed by atoms with Crippen molar-refractivity contribution in [2.75, 3.05) is 25.6 Å². The highest BCUT2D eigenvalue weighted by Crippen LogP contribution is 2.56. The van der Waals surface area contributed by atoms with Gasteiger partial charge in [-0.15, -0.1) is 0 Å². The quantitative estimate of drug-likeness (QED) is 0.510. The minimum atomic E-state index is -1.04. The Hall–Kier alpha value is -3.31. The number of hydrogen-bond donors (Lipinski definition) is 1. The van der Waals surface area contributed by atoms with Crippen molar-refractivity contribution in [3.8, 4) is 5.88 Å². The van der Waals surface area contributed by atoms with Gasteiger partial charge in [-0.25, -0.2) is 4.39 Å². The van der Waals surface area contributed by atoms with Gasteiger partial charge in [0.15, 0.2) is 5.65 Å². The molecule has 0 radical (unpaired) electrons. The lowest BCUT2D eigenvalue weighted by molar-refractivity contribution is -0.0694. The van der Waals surface area contributed by atoms with Crippen LogP contribution in [-0.2, 0) is 15.0 Å². The third-order valence-electron chi connectivity index (χ3n) is 7.16. The fourth-order valence-electron chi connectivity index (χ4n) is 5.43. The molecule has 1 N–H and O–H groups in total. The van der Waals surface area contributed by atoms with Gasteiger partial charge in [-0.2, -0.15) is 10.1 Å². The molecule has 3 aromatic rings. The molecule has 7 rings (SSSR count). The predicted molar refractivity (Wildman–Crippen MR) is 128 cm³/mol. The third-order valence-corrected chi connectivity index (χ3v) is 7.16. The normalized spacial score (nSPS) is 28.4. The van der Waals surface area contributed by atoms with E-state index in [0.717, 1.165) is 12.8 Å². The molecule has 2 bridgehead atoms. The van der Waals surface area contributed by atoms with E-state index in [2.05, 4.69) is 10.3 Å². The number of nitrogens with one attached hydrogen (secondary N) is 1. The first kappa shape index (κ1) is 23.1. The molecule has 2 atom stereocenters. The van der Waals surface area contributed by atoms with Crippen molar-refractivity contribution >= 4 is 22.6 Å². The Labute approximate surface area is 206 Å². The molecular formula is C25H28FN5O5. The first-order valence-corrected chi connectivity index (χ1v) is 12.1. The van der Waals surface area contributed by atoms with Gasteiger partial charge in [0.25, 0.3) is 11.5 Å². The van der Waals surface area contributed by atoms with Crippen LogP contribution in [-0.4, -0.2) is 63.4 Å². The second kappa shape index (κ2) is 8.10. The minimum Gasteiger partial charge on any atom is -0.474 e. The lowest BCUT2D eigenvalue weighted by Crippen LogP contribution is -2.53. The summed E-state index contributed by atoms with van der Waals surface area (Å²) in [5, 5.41) is 8.03. The van der Waals surface area contributed by atoms with Gasteiger partial charge in [0.1, 0.15) is 17.4 Å². The molecule has 10 nitrogen and oxygen atoms in total. The van der Waals surface area contributed by atoms with E-state index in [4.69, 9.17) is 19.3 Å². The molecule has 11 heteroatoms. The Morgan fingerprint density at radius 2 is 2.17 bits per heavy atom. The summed E-state index contributed by atoms with van der Waals surface area (Å²) in [5.74, 6) is -0.412. The maximum atomic E-state index is 13.5. The number of methoxy groups -OCH3 is 1. The van der Waals surface area contributed by atoms with Gasteiger partial charge in [-0.3, -0.25) is 14.3 Å². The summed E-state index contributed by atoms with van der Waals surface area (Å²) in [6, 6.07) is 4.31. The number of alkyl halides is 1. The molecule has 4 aliphatic rings. The van der Waals surface area contributed by atoms with Gasteiger partial charge in [0.2, 0.25) is 5.88 Å². The summed E-state index contributed by atoms with van der Waals surface area (Å²) in [5.41, 5.74) is -0.261. The number of ether oxygens (including phenoxy) is 3. The van der Waals surface area contributed by atoms with Crippen LogP contribution in [0.1, 0.15) is 49.5 Å². The Morgan fingerprint density at radius 3 is 2.86 bits per heavy atom. The lowest BCUT2D eigenvalue weighted by atomic mass is 9.69. The number of carbonyl (C=O) groups is 1. The number of aromatic nitrogens is 4. The van der Waals surface area contributed by atoms with Crippen LogP contribution in [0.3, 0.4) is 0 Å². The SMILES string of the molecule is COCC12CC(n3cc4cc(C(=O)Nc5cccn([C@H]6C[C@H]6F)c5=O)c(OC(C)C)nc4n3)(CO1)C2. The monoisotopic (exact) mass is 497 g/mol. The molecule has 3 aromatic heterocycles. The molecule has 0 unspecified atom stereocenters. The fourth-order valence-corrected chi connectivity index (χ4v) is 5.43. The largest absolute Gasteiger partial charge is 0.474 e. The molecule has 190 valence electrons. The van der Waals surface area contributed by atoms with E-state index in [-0.39, 0.29) is 34.4 Å². The standard InChI is InChI=1S/C25H28FN5O5/c1-14(2)36-22-16(21(32)27-18-5-4-6-30(23(18)33)19-8-17(19)26)7-15-9-31(29-20(15)28-22)24-10-25(11-24,13-34-3)35-12-24/h4-7,9,14,17,19H,8,10-13H2,1-3H3,(H,27,32)/t17-,19+,24?,25?/m1/s1. The summed E-state index contributed by atoms with van der Waals surface area (Å²) >= 11 is 0. The van der Waals surface area contributed by atoms with Crippen LogP contribution >= 0.6 is 0 Å². The van der Waals surface area contributed by atoms with Gasteiger partial charge >= 0.3 is 0 Å². The summed E-state index contributed by atoms with van der Waals surface area (Å²) in [6.07, 6.45) is 4.02. The molecule has 2 saturated heterocycles. The predicted octanol–water partition coefficient (Wildman–Crippen LogP) is 2.82. The van der Waals surface area contributed by atoms with Crippen LogP contribution in [0.5, 0.6) is 5.88 Å². The number of anilines is 1. The second-order valence-electron chi connectivity index (χ2n) is 10.4. The van der Waals surface area contributed by atoms with E-state index in [1.807, 2.05) is 24.7 Å². The maximum Gasteiger partial charge on any atom is 0.274 e. The van der Waals surface area contributed by atoms with Crippen LogP contribution in [0.15, 0.2) is 35.4 Å². The van der Waals surface area contributed by atoms with Gasteiger partial charge < -0.3 is 24.1 Å². The first-order valence-electron chi connectivity index (χ1n) is 12.1. The molecule has 36 heavy (non-hydrogen) atoms. The van der Waals surface area contributed by atoms with E-state index >= 15 is 0 Å². The zero-order valence-corrected chi connectivity index (χ0v) is 20.4. The molecule has 5 heterocycles. The van der Waals surface area contributed by atoms with Crippen LogP contribution < -0.4 is 15.6 Å². The molecular weight excluding hydrogens is 469 g/mol. The Bertz CT molecular complexity index is 1410. The number of nitrogens with zero attached hydrogens (tertiary/aromatic N) is 4. The van der Waals surface area contributed by atoms with Crippen molar-refractivity contribution in [3.05, 3.63) is 46.5 Å². The average Bonchev–Trinajstić information content (AvgIpc) is 3.13. The third kappa shape index (κ3) is 3.68. The zero-order chi connectivity index (χ0) is 25.2. The summed E-state index contributed by atoms with van der Waals surface area (Å²) in [6.45, 7) is 4.75. The van der Waals surface area contributed by atoms with Crippen molar-refractivity contribution in [2.24, 2.45) is 0 Å². The molecule has 0 aromatic carbocycles. The number of hydrogen-bond acceptors (Lipinski definition) is 7. The van der Waals surface area contributed by atoms with E-state index in [1.54, 1.807) is 19.2 Å². The van der Waals surface area contributed by atoms with Crippen LogP contribution in [0.2, 0.25) is 0 Å². The smallest absolute Gasteiger partial charge is 0.274 e. The number of amides is 1. The van der Waals surface area contributed by atoms with Gasteiger partial charge in [-0.05, 0) is 32.0 Å². The second-order valence-corrected chi connectivity index (χ2v) is 10.4. The molecule has 2 saturated carbocycles. The highest BCUT2D eigenvalue weighted by atomic mass is 19.1. The summed E-state index contributed by atoms with van der Waals surface area (Å²) in [4.78, 5) is 30.7. The number of carbonyl (C=O) groups excluding carboxylic acids is 1. The van der Waals surface area contributed by atoms with Gasteiger partial charge in [0.05, 0.1) is 36.5 Å². The number of halogens is 1. The van der Waals surface area contributed by atoms with Gasteiger partial charge in [0, 0.05) is 44.2 Å².